The van der Waals surface area contributed by atoms with Gasteiger partial charge in [-0.05, 0) is 56.0 Å². The summed E-state index contributed by atoms with van der Waals surface area (Å²) < 4.78 is 12.4. The van der Waals surface area contributed by atoms with Gasteiger partial charge < -0.3 is 19.7 Å². The fraction of sp³-hybridized carbons (Fsp3) is 0.556. The van der Waals surface area contributed by atoms with Gasteiger partial charge in [-0.25, -0.2) is 4.98 Å². The predicted molar refractivity (Wildman–Crippen MR) is 134 cm³/mol. The molecule has 1 N–H and O–H groups in total. The van der Waals surface area contributed by atoms with Crippen LogP contribution in [0.3, 0.4) is 0 Å². The molecule has 0 unspecified atom stereocenters. The van der Waals surface area contributed by atoms with E-state index in [-0.39, 0.29) is 5.79 Å². The van der Waals surface area contributed by atoms with Gasteiger partial charge in [0.15, 0.2) is 0 Å². The summed E-state index contributed by atoms with van der Waals surface area (Å²) in [5.74, 6) is 1.55. The number of aldehydes is 1. The Morgan fingerprint density at radius 1 is 1.06 bits per heavy atom. The summed E-state index contributed by atoms with van der Waals surface area (Å²) in [5.41, 5.74) is 2.96. The molecule has 0 bridgehead atoms. The first-order valence-electron chi connectivity index (χ1n) is 12.7. The number of hydrogen-bond donors (Lipinski definition) is 1. The monoisotopic (exact) mass is 464 g/mol. The van der Waals surface area contributed by atoms with Crippen LogP contribution in [0, 0.1) is 0 Å². The SMILES string of the molecule is CNc1ccc2c(c1)COC1(CCN(C3CCC3)CC1)O2.O=Cc1ccnc(N2CCCC2)c1. The van der Waals surface area contributed by atoms with Crippen LogP contribution in [0.15, 0.2) is 36.5 Å². The molecule has 7 heteroatoms. The van der Waals surface area contributed by atoms with Gasteiger partial charge in [-0.15, -0.1) is 0 Å². The zero-order valence-corrected chi connectivity index (χ0v) is 20.2. The maximum atomic E-state index is 10.5. The van der Waals surface area contributed by atoms with Gasteiger partial charge in [0.05, 0.1) is 6.61 Å². The van der Waals surface area contributed by atoms with E-state index in [2.05, 4.69) is 38.3 Å². The summed E-state index contributed by atoms with van der Waals surface area (Å²) >= 11 is 0. The number of pyridine rings is 1. The first-order chi connectivity index (χ1) is 16.7. The zero-order valence-electron chi connectivity index (χ0n) is 20.2. The molecule has 7 nitrogen and oxygen atoms in total. The van der Waals surface area contributed by atoms with E-state index < -0.39 is 0 Å². The van der Waals surface area contributed by atoms with Crippen LogP contribution >= 0.6 is 0 Å². The molecule has 1 saturated carbocycles. The topological polar surface area (TPSA) is 66.9 Å². The van der Waals surface area contributed by atoms with Crippen LogP contribution in [-0.4, -0.2) is 61.2 Å². The molecule has 1 aromatic carbocycles. The van der Waals surface area contributed by atoms with Crippen molar-refractivity contribution in [2.24, 2.45) is 0 Å². The van der Waals surface area contributed by atoms with Crippen molar-refractivity contribution in [2.45, 2.75) is 63.4 Å². The maximum absolute atomic E-state index is 10.5. The highest BCUT2D eigenvalue weighted by molar-refractivity contribution is 5.76. The number of carbonyl (C=O) groups excluding carboxylic acids is 1. The highest BCUT2D eigenvalue weighted by atomic mass is 16.7. The Bertz CT molecular complexity index is 980. The summed E-state index contributed by atoms with van der Waals surface area (Å²) in [6.07, 6.45) is 11.1. The van der Waals surface area contributed by atoms with Gasteiger partial charge in [0.1, 0.15) is 17.9 Å². The second kappa shape index (κ2) is 10.3. The fourth-order valence-electron chi connectivity index (χ4n) is 5.24. The molecule has 0 atom stereocenters. The van der Waals surface area contributed by atoms with Crippen LogP contribution in [-0.2, 0) is 11.3 Å². The van der Waals surface area contributed by atoms with Crippen molar-refractivity contribution in [3.05, 3.63) is 47.7 Å². The Kier molecular flexibility index (Phi) is 7.02. The Morgan fingerprint density at radius 3 is 2.53 bits per heavy atom. The second-order valence-corrected chi connectivity index (χ2v) is 9.75. The average molecular weight is 465 g/mol. The van der Waals surface area contributed by atoms with Crippen molar-refractivity contribution in [2.75, 3.05) is 43.4 Å². The normalized spacial score (nSPS) is 21.6. The zero-order chi connectivity index (χ0) is 23.4. The van der Waals surface area contributed by atoms with E-state index >= 15 is 0 Å². The van der Waals surface area contributed by atoms with E-state index in [4.69, 9.17) is 9.47 Å². The Balaban J connectivity index is 0.000000159. The standard InChI is InChI=1S/C17H24N2O2.C10H12N2O/c1-18-14-5-6-16-13(11-14)12-20-17(21-16)7-9-19(10-8-17)15-3-2-4-15;13-8-9-3-4-11-10(7-9)12-5-1-2-6-12/h5-6,11,15,18H,2-4,7-10,12H2,1H3;3-4,7-8H,1-2,5-6H2. The van der Waals surface area contributed by atoms with Crippen molar-refractivity contribution in [1.82, 2.24) is 9.88 Å². The predicted octanol–water partition coefficient (Wildman–Crippen LogP) is 4.48. The summed E-state index contributed by atoms with van der Waals surface area (Å²) in [6, 6.07) is 10.7. The molecule has 1 aromatic heterocycles. The van der Waals surface area contributed by atoms with Gasteiger partial charge in [-0.2, -0.15) is 0 Å². The lowest BCUT2D eigenvalue weighted by atomic mass is 9.89. The number of nitrogens with zero attached hydrogens (tertiary/aromatic N) is 3. The molecule has 0 radical (unpaired) electrons. The lowest BCUT2D eigenvalue weighted by Gasteiger charge is -2.47. The second-order valence-electron chi connectivity index (χ2n) is 9.75. The van der Waals surface area contributed by atoms with Crippen LogP contribution < -0.4 is 15.0 Å². The molecule has 2 saturated heterocycles. The van der Waals surface area contributed by atoms with Gasteiger partial charge in [0.2, 0.25) is 5.79 Å². The number of piperidine rings is 1. The molecule has 3 fully saturated rings. The van der Waals surface area contributed by atoms with Gasteiger partial charge in [0.25, 0.3) is 0 Å². The highest BCUT2D eigenvalue weighted by Crippen LogP contribution is 2.40. The minimum Gasteiger partial charge on any atom is -0.462 e. The molecular formula is C27H36N4O3. The molecule has 1 aliphatic carbocycles. The number of ether oxygens (including phenoxy) is 2. The summed E-state index contributed by atoms with van der Waals surface area (Å²) in [5, 5.41) is 3.16. The largest absolute Gasteiger partial charge is 0.462 e. The molecule has 6 rings (SSSR count). The Hall–Kier alpha value is -2.64. The summed E-state index contributed by atoms with van der Waals surface area (Å²) in [4.78, 5) is 19.6. The number of likely N-dealkylation sites (tertiary alicyclic amines) is 1. The van der Waals surface area contributed by atoms with Gasteiger partial charge >= 0.3 is 0 Å². The van der Waals surface area contributed by atoms with Crippen molar-refractivity contribution in [3.63, 3.8) is 0 Å². The van der Waals surface area contributed by atoms with Crippen LogP contribution in [0.2, 0.25) is 0 Å². The third kappa shape index (κ3) is 5.05. The maximum Gasteiger partial charge on any atom is 0.213 e. The van der Waals surface area contributed by atoms with Crippen molar-refractivity contribution >= 4 is 17.8 Å². The van der Waals surface area contributed by atoms with Crippen LogP contribution in [0.4, 0.5) is 11.5 Å². The third-order valence-corrected chi connectivity index (χ3v) is 7.62. The van der Waals surface area contributed by atoms with Crippen molar-refractivity contribution < 1.29 is 14.3 Å². The first-order valence-corrected chi connectivity index (χ1v) is 12.7. The number of anilines is 2. The molecule has 4 heterocycles. The van der Waals surface area contributed by atoms with E-state index in [0.29, 0.717) is 12.2 Å². The molecular weight excluding hydrogens is 428 g/mol. The first kappa shape index (κ1) is 23.1. The smallest absolute Gasteiger partial charge is 0.213 e. The summed E-state index contributed by atoms with van der Waals surface area (Å²) in [6.45, 7) is 5.00. The Labute approximate surface area is 202 Å². The molecule has 34 heavy (non-hydrogen) atoms. The molecule has 3 aliphatic heterocycles. The molecule has 4 aliphatic rings. The van der Waals surface area contributed by atoms with E-state index in [1.54, 1.807) is 12.3 Å². The van der Waals surface area contributed by atoms with Crippen molar-refractivity contribution in [1.29, 1.82) is 0 Å². The number of rotatable bonds is 4. The number of hydrogen-bond acceptors (Lipinski definition) is 7. The average Bonchev–Trinajstić information content (AvgIpc) is 3.40. The Morgan fingerprint density at radius 2 is 1.85 bits per heavy atom. The molecule has 2 aromatic rings. The highest BCUT2D eigenvalue weighted by Gasteiger charge is 2.42. The minimum atomic E-state index is -0.381. The van der Waals surface area contributed by atoms with E-state index in [1.807, 2.05) is 13.1 Å². The third-order valence-electron chi connectivity index (χ3n) is 7.62. The number of aromatic nitrogens is 1. The van der Waals surface area contributed by atoms with E-state index in [1.165, 1.54) is 32.1 Å². The van der Waals surface area contributed by atoms with Crippen molar-refractivity contribution in [3.8, 4) is 5.75 Å². The molecule has 182 valence electrons. The lowest BCUT2D eigenvalue weighted by Crippen LogP contribution is -2.54. The minimum absolute atomic E-state index is 0.381. The van der Waals surface area contributed by atoms with Gasteiger partial charge in [-0.3, -0.25) is 9.69 Å². The van der Waals surface area contributed by atoms with Gasteiger partial charge in [-0.1, -0.05) is 6.42 Å². The molecule has 0 amide bonds. The quantitative estimate of drug-likeness (QED) is 0.670. The lowest BCUT2D eigenvalue weighted by molar-refractivity contribution is -0.231. The number of nitrogens with one attached hydrogen (secondary N) is 1. The van der Waals surface area contributed by atoms with Crippen LogP contribution in [0.5, 0.6) is 5.75 Å². The number of carbonyl (C=O) groups is 1. The van der Waals surface area contributed by atoms with Crippen LogP contribution in [0.25, 0.3) is 0 Å². The summed E-state index contributed by atoms with van der Waals surface area (Å²) in [7, 11) is 1.93. The number of fused-ring (bicyclic) bond motifs is 1. The molecule has 1 spiro atoms. The fourth-order valence-corrected chi connectivity index (χ4v) is 5.24. The van der Waals surface area contributed by atoms with Gasteiger partial charge in [0, 0.05) is 75.1 Å². The van der Waals surface area contributed by atoms with E-state index in [9.17, 15) is 4.79 Å². The van der Waals surface area contributed by atoms with E-state index in [0.717, 1.165) is 74.2 Å². The number of benzene rings is 1. The van der Waals surface area contributed by atoms with Crippen LogP contribution in [0.1, 0.15) is 60.9 Å².